The van der Waals surface area contributed by atoms with E-state index in [2.05, 4.69) is 0 Å². The topological polar surface area (TPSA) is 29.5 Å². The van der Waals surface area contributed by atoms with E-state index in [1.807, 2.05) is 41.3 Å². The first-order chi connectivity index (χ1) is 13.5. The molecule has 1 aliphatic heterocycles. The van der Waals surface area contributed by atoms with Crippen LogP contribution in [0.3, 0.4) is 0 Å². The van der Waals surface area contributed by atoms with E-state index < -0.39 is 0 Å². The van der Waals surface area contributed by atoms with E-state index >= 15 is 0 Å². The van der Waals surface area contributed by atoms with Gasteiger partial charge in [-0.15, -0.1) is 11.3 Å². The molecule has 0 aliphatic carbocycles. The molecule has 0 radical (unpaired) electrons. The van der Waals surface area contributed by atoms with Gasteiger partial charge < -0.3 is 9.64 Å². The molecule has 1 saturated heterocycles. The summed E-state index contributed by atoms with van der Waals surface area (Å²) in [6.07, 6.45) is 2.02. The SMILES string of the molecule is O=C(c1sc2cccc(Cl)c2c1Cl)N(Cc1ccc(Cl)cc1)CC1CCCO1. The molecule has 1 aliphatic rings. The van der Waals surface area contributed by atoms with Gasteiger partial charge in [0.25, 0.3) is 5.91 Å². The standard InChI is InChI=1S/C21H18Cl3NO2S/c22-14-8-6-13(7-9-14)11-25(12-15-3-2-10-27-15)21(26)20-19(24)18-16(23)4-1-5-17(18)28-20/h1,4-9,15H,2-3,10-12H2. The Morgan fingerprint density at radius 2 is 1.93 bits per heavy atom. The molecule has 0 spiro atoms. The average Bonchev–Trinajstić information content (AvgIpc) is 3.31. The van der Waals surface area contributed by atoms with Crippen LogP contribution >= 0.6 is 46.1 Å². The molecule has 146 valence electrons. The molecule has 1 fully saturated rings. The fourth-order valence-corrected chi connectivity index (χ4v) is 5.46. The Balaban J connectivity index is 1.66. The summed E-state index contributed by atoms with van der Waals surface area (Å²) in [4.78, 5) is 15.8. The van der Waals surface area contributed by atoms with Crippen LogP contribution in [0, 0.1) is 0 Å². The van der Waals surface area contributed by atoms with Gasteiger partial charge >= 0.3 is 0 Å². The molecule has 1 aromatic heterocycles. The molecular formula is C21H18Cl3NO2S. The smallest absolute Gasteiger partial charge is 0.265 e. The predicted octanol–water partition coefficient (Wildman–Crippen LogP) is 6.68. The summed E-state index contributed by atoms with van der Waals surface area (Å²) < 4.78 is 6.68. The van der Waals surface area contributed by atoms with Crippen molar-refractivity contribution in [3.05, 3.63) is 68.0 Å². The predicted molar refractivity (Wildman–Crippen MR) is 117 cm³/mol. The van der Waals surface area contributed by atoms with E-state index in [1.54, 1.807) is 6.07 Å². The van der Waals surface area contributed by atoms with Crippen molar-refractivity contribution in [1.29, 1.82) is 0 Å². The highest BCUT2D eigenvalue weighted by molar-refractivity contribution is 7.21. The zero-order valence-corrected chi connectivity index (χ0v) is 18.0. The van der Waals surface area contributed by atoms with Gasteiger partial charge in [-0.1, -0.05) is 53.0 Å². The van der Waals surface area contributed by atoms with Gasteiger partial charge in [0.05, 0.1) is 16.1 Å². The largest absolute Gasteiger partial charge is 0.376 e. The Morgan fingerprint density at radius 3 is 2.61 bits per heavy atom. The summed E-state index contributed by atoms with van der Waals surface area (Å²) in [5.74, 6) is -0.104. The highest BCUT2D eigenvalue weighted by atomic mass is 35.5. The Morgan fingerprint density at radius 1 is 1.14 bits per heavy atom. The number of benzene rings is 2. The number of ether oxygens (including phenoxy) is 1. The summed E-state index contributed by atoms with van der Waals surface area (Å²) in [6.45, 7) is 1.74. The lowest BCUT2D eigenvalue weighted by atomic mass is 10.1. The average molecular weight is 455 g/mol. The third-order valence-corrected chi connectivity index (χ3v) is 7.02. The number of halogens is 3. The maximum Gasteiger partial charge on any atom is 0.265 e. The summed E-state index contributed by atoms with van der Waals surface area (Å²) in [6, 6.07) is 13.1. The van der Waals surface area contributed by atoms with Crippen molar-refractivity contribution in [1.82, 2.24) is 4.90 Å². The molecule has 2 heterocycles. The van der Waals surface area contributed by atoms with Gasteiger partial charge in [-0.3, -0.25) is 4.79 Å². The second-order valence-electron chi connectivity index (χ2n) is 6.81. The van der Waals surface area contributed by atoms with Crippen molar-refractivity contribution in [2.24, 2.45) is 0 Å². The monoisotopic (exact) mass is 453 g/mol. The number of carbonyl (C=O) groups is 1. The minimum absolute atomic E-state index is 0.0491. The number of rotatable bonds is 5. The third-order valence-electron chi connectivity index (χ3n) is 4.82. The van der Waals surface area contributed by atoms with Gasteiger partial charge in [0.2, 0.25) is 0 Å². The molecule has 0 N–H and O–H groups in total. The molecular weight excluding hydrogens is 437 g/mol. The summed E-state index contributed by atoms with van der Waals surface area (Å²) in [5.41, 5.74) is 1.01. The molecule has 4 rings (SSSR count). The fourth-order valence-electron chi connectivity index (χ4n) is 3.42. The number of hydrogen-bond donors (Lipinski definition) is 0. The van der Waals surface area contributed by atoms with Gasteiger partial charge in [0, 0.05) is 34.8 Å². The number of amides is 1. The highest BCUT2D eigenvalue weighted by Crippen LogP contribution is 2.40. The number of thiophene rings is 1. The van der Waals surface area contributed by atoms with E-state index in [0.29, 0.717) is 33.0 Å². The van der Waals surface area contributed by atoms with E-state index in [4.69, 9.17) is 39.5 Å². The van der Waals surface area contributed by atoms with Crippen molar-refractivity contribution >= 4 is 62.1 Å². The van der Waals surface area contributed by atoms with Crippen LogP contribution in [-0.4, -0.2) is 30.1 Å². The van der Waals surface area contributed by atoms with Crippen molar-refractivity contribution in [2.75, 3.05) is 13.2 Å². The molecule has 2 aromatic carbocycles. The molecule has 3 nitrogen and oxygen atoms in total. The zero-order valence-electron chi connectivity index (χ0n) is 15.0. The summed E-state index contributed by atoms with van der Waals surface area (Å²) in [5, 5.41) is 2.39. The molecule has 1 unspecified atom stereocenters. The molecule has 28 heavy (non-hydrogen) atoms. The first-order valence-electron chi connectivity index (χ1n) is 9.05. The van der Waals surface area contributed by atoms with Crippen LogP contribution in [0.5, 0.6) is 0 Å². The maximum atomic E-state index is 13.4. The third kappa shape index (κ3) is 4.17. The van der Waals surface area contributed by atoms with Crippen LogP contribution in [0.2, 0.25) is 15.1 Å². The van der Waals surface area contributed by atoms with Crippen LogP contribution in [0.4, 0.5) is 0 Å². The highest BCUT2D eigenvalue weighted by Gasteiger charge is 2.27. The molecule has 1 atom stereocenters. The number of carbonyl (C=O) groups excluding carboxylic acids is 1. The second kappa shape index (κ2) is 8.60. The fraction of sp³-hybridized carbons (Fsp3) is 0.286. The molecule has 3 aromatic rings. The van der Waals surface area contributed by atoms with Gasteiger partial charge in [-0.05, 0) is 42.7 Å². The Labute approximate surface area is 182 Å². The van der Waals surface area contributed by atoms with Gasteiger partial charge in [-0.25, -0.2) is 0 Å². The number of nitrogens with zero attached hydrogens (tertiary/aromatic N) is 1. The maximum absolute atomic E-state index is 13.4. The van der Waals surface area contributed by atoms with Crippen molar-refractivity contribution in [2.45, 2.75) is 25.5 Å². The summed E-state index contributed by atoms with van der Waals surface area (Å²) in [7, 11) is 0. The normalized spacial score (nSPS) is 16.6. The zero-order chi connectivity index (χ0) is 19.7. The minimum atomic E-state index is -0.104. The summed E-state index contributed by atoms with van der Waals surface area (Å²) >= 11 is 20.3. The van der Waals surface area contributed by atoms with Gasteiger partial charge in [-0.2, -0.15) is 0 Å². The van der Waals surface area contributed by atoms with E-state index in [9.17, 15) is 4.79 Å². The van der Waals surface area contributed by atoms with E-state index in [0.717, 1.165) is 35.1 Å². The molecule has 0 saturated carbocycles. The van der Waals surface area contributed by atoms with Crippen LogP contribution in [-0.2, 0) is 11.3 Å². The lowest BCUT2D eigenvalue weighted by molar-refractivity contribution is 0.0511. The van der Waals surface area contributed by atoms with Crippen molar-refractivity contribution in [3.8, 4) is 0 Å². The Kier molecular flexibility index (Phi) is 6.14. The van der Waals surface area contributed by atoms with Crippen LogP contribution in [0.25, 0.3) is 10.1 Å². The molecule has 1 amide bonds. The first-order valence-corrected chi connectivity index (χ1v) is 11.0. The van der Waals surface area contributed by atoms with Crippen LogP contribution in [0.1, 0.15) is 28.1 Å². The Bertz CT molecular complexity index is 997. The minimum Gasteiger partial charge on any atom is -0.376 e. The second-order valence-corrected chi connectivity index (χ2v) is 9.08. The quantitative estimate of drug-likeness (QED) is 0.430. The van der Waals surface area contributed by atoms with Crippen molar-refractivity contribution in [3.63, 3.8) is 0 Å². The Hall–Kier alpha value is -1.30. The van der Waals surface area contributed by atoms with E-state index in [1.165, 1.54) is 11.3 Å². The lowest BCUT2D eigenvalue weighted by Gasteiger charge is -2.25. The van der Waals surface area contributed by atoms with Crippen LogP contribution in [0.15, 0.2) is 42.5 Å². The van der Waals surface area contributed by atoms with Gasteiger partial charge in [0.15, 0.2) is 0 Å². The van der Waals surface area contributed by atoms with Crippen LogP contribution < -0.4 is 0 Å². The number of fused-ring (bicyclic) bond motifs is 1. The molecule has 0 bridgehead atoms. The van der Waals surface area contributed by atoms with Crippen molar-refractivity contribution < 1.29 is 9.53 Å². The lowest BCUT2D eigenvalue weighted by Crippen LogP contribution is -2.36. The first kappa shape index (κ1) is 20.0. The van der Waals surface area contributed by atoms with E-state index in [-0.39, 0.29) is 12.0 Å². The van der Waals surface area contributed by atoms with Gasteiger partial charge in [0.1, 0.15) is 4.88 Å². The number of hydrogen-bond acceptors (Lipinski definition) is 3. The molecule has 7 heteroatoms.